The molecule has 2 heterocycles. The molecule has 7 nitrogen and oxygen atoms in total. The van der Waals surface area contributed by atoms with Gasteiger partial charge >= 0.3 is 24.3 Å². The van der Waals surface area contributed by atoms with Crippen molar-refractivity contribution < 1.29 is 39.8 Å². The molecule has 36 heavy (non-hydrogen) atoms. The molecule has 1 fully saturated rings. The van der Waals surface area contributed by atoms with E-state index in [4.69, 9.17) is 0 Å². The van der Waals surface area contributed by atoms with Gasteiger partial charge in [-0.3, -0.25) is 9.11 Å². The van der Waals surface area contributed by atoms with Crippen molar-refractivity contribution >= 4 is 22.5 Å². The molecule has 0 radical (unpaired) electrons. The number of rotatable bonds is 4. The van der Waals surface area contributed by atoms with E-state index in [0.717, 1.165) is 12.1 Å². The van der Waals surface area contributed by atoms with Crippen LogP contribution >= 0.6 is 0 Å². The van der Waals surface area contributed by atoms with Crippen molar-refractivity contribution in [3.05, 3.63) is 65.5 Å². The van der Waals surface area contributed by atoms with Crippen molar-refractivity contribution in [1.82, 2.24) is 15.1 Å². The minimum absolute atomic E-state index is 0.0114. The molecule has 1 aromatic heterocycles. The van der Waals surface area contributed by atoms with Gasteiger partial charge in [0.25, 0.3) is 0 Å². The van der Waals surface area contributed by atoms with Gasteiger partial charge < -0.3 is 9.32 Å². The summed E-state index contributed by atoms with van der Waals surface area (Å²) in [6.07, 6.45) is -9.41. The Labute approximate surface area is 203 Å². The van der Waals surface area contributed by atoms with Crippen LogP contribution in [-0.2, 0) is 29.7 Å². The van der Waals surface area contributed by atoms with Gasteiger partial charge in [0.1, 0.15) is 0 Å². The highest BCUT2D eigenvalue weighted by Crippen LogP contribution is 2.33. The van der Waals surface area contributed by atoms with E-state index in [0.29, 0.717) is 5.56 Å². The lowest BCUT2D eigenvalue weighted by atomic mass is 10.1. The fourth-order valence-electron chi connectivity index (χ4n) is 3.51. The van der Waals surface area contributed by atoms with Gasteiger partial charge in [-0.1, -0.05) is 18.2 Å². The number of alkyl halides is 6. The standard InChI is InChI=1S/C22H18F6N4O3S/c23-21(24,25)16-2-1-3-17(12-16)32(20(33)31-8-10-36(34)11-9-31)13-14-4-6-15(7-5-14)18-29-30-19(35-18)22(26,27)28/h1-7,12H,8-11,13H2. The van der Waals surface area contributed by atoms with Crippen molar-refractivity contribution in [3.8, 4) is 11.5 Å². The Balaban J connectivity index is 1.61. The van der Waals surface area contributed by atoms with Gasteiger partial charge in [0.05, 0.1) is 12.1 Å². The summed E-state index contributed by atoms with van der Waals surface area (Å²) in [4.78, 5) is 15.9. The molecule has 0 unspecified atom stereocenters. The van der Waals surface area contributed by atoms with Crippen LogP contribution in [0.4, 0.5) is 36.8 Å². The van der Waals surface area contributed by atoms with Gasteiger partial charge in [-0.2, -0.15) is 26.3 Å². The van der Waals surface area contributed by atoms with Gasteiger partial charge in [-0.15, -0.1) is 10.2 Å². The van der Waals surface area contributed by atoms with E-state index >= 15 is 0 Å². The van der Waals surface area contributed by atoms with Gasteiger partial charge in [-0.25, -0.2) is 4.79 Å². The molecule has 0 N–H and O–H groups in total. The van der Waals surface area contributed by atoms with Crippen LogP contribution in [0.1, 0.15) is 17.0 Å². The van der Waals surface area contributed by atoms with Crippen LogP contribution in [0.3, 0.4) is 0 Å². The topological polar surface area (TPSA) is 79.5 Å². The zero-order valence-electron chi connectivity index (χ0n) is 18.3. The van der Waals surface area contributed by atoms with Crippen LogP contribution in [0.5, 0.6) is 0 Å². The SMILES string of the molecule is O=C(N1CCS(=O)CC1)N(Cc1ccc(-c2nnc(C(F)(F)F)o2)cc1)c1cccc(C(F)(F)F)c1. The lowest BCUT2D eigenvalue weighted by Crippen LogP contribution is -2.48. The van der Waals surface area contributed by atoms with Crippen LogP contribution in [0, 0.1) is 0 Å². The first-order valence-corrected chi connectivity index (χ1v) is 12.0. The second-order valence-electron chi connectivity index (χ2n) is 7.86. The normalized spacial score (nSPS) is 15.2. The van der Waals surface area contributed by atoms with E-state index < -0.39 is 40.6 Å². The van der Waals surface area contributed by atoms with Gasteiger partial charge in [0.15, 0.2) is 0 Å². The number of carbonyl (C=O) groups excluding carboxylic acids is 1. The zero-order valence-corrected chi connectivity index (χ0v) is 19.2. The van der Waals surface area contributed by atoms with E-state index in [2.05, 4.69) is 14.6 Å². The van der Waals surface area contributed by atoms with Crippen LogP contribution < -0.4 is 4.90 Å². The molecular formula is C22H18F6N4O3S. The summed E-state index contributed by atoms with van der Waals surface area (Å²) in [5.74, 6) is -1.33. The predicted molar refractivity (Wildman–Crippen MR) is 117 cm³/mol. The van der Waals surface area contributed by atoms with Crippen molar-refractivity contribution in [3.63, 3.8) is 0 Å². The van der Waals surface area contributed by atoms with E-state index in [9.17, 15) is 35.3 Å². The quantitative estimate of drug-likeness (QED) is 0.444. The fourth-order valence-corrected chi connectivity index (χ4v) is 4.56. The summed E-state index contributed by atoms with van der Waals surface area (Å²) >= 11 is 0. The first-order chi connectivity index (χ1) is 16.9. The van der Waals surface area contributed by atoms with E-state index in [1.807, 2.05) is 0 Å². The van der Waals surface area contributed by atoms with Crippen molar-refractivity contribution in [1.29, 1.82) is 0 Å². The average molecular weight is 532 g/mol. The molecule has 1 aliphatic heterocycles. The van der Waals surface area contributed by atoms with Crippen molar-refractivity contribution in [2.24, 2.45) is 0 Å². The van der Waals surface area contributed by atoms with E-state index in [1.54, 1.807) is 0 Å². The highest BCUT2D eigenvalue weighted by atomic mass is 32.2. The molecule has 0 spiro atoms. The smallest absolute Gasteiger partial charge is 0.413 e. The molecule has 0 saturated carbocycles. The highest BCUT2D eigenvalue weighted by Gasteiger charge is 2.38. The molecule has 0 aliphatic carbocycles. The Bertz CT molecular complexity index is 1250. The maximum Gasteiger partial charge on any atom is 0.470 e. The predicted octanol–water partition coefficient (Wildman–Crippen LogP) is 4.97. The number of anilines is 1. The van der Waals surface area contributed by atoms with Crippen LogP contribution in [0.25, 0.3) is 11.5 Å². The summed E-state index contributed by atoms with van der Waals surface area (Å²) in [6.45, 7) is 0.259. The third-order valence-electron chi connectivity index (χ3n) is 5.37. The molecule has 192 valence electrons. The maximum atomic E-state index is 13.3. The first-order valence-electron chi connectivity index (χ1n) is 10.5. The second kappa shape index (κ2) is 9.91. The molecule has 14 heteroatoms. The Morgan fingerprint density at radius 1 is 0.972 bits per heavy atom. The minimum Gasteiger partial charge on any atom is -0.413 e. The third-order valence-corrected chi connectivity index (χ3v) is 6.65. The number of carbonyl (C=O) groups is 1. The fraction of sp³-hybridized carbons (Fsp3) is 0.318. The van der Waals surface area contributed by atoms with Crippen molar-refractivity contribution in [2.45, 2.75) is 18.9 Å². The number of halogens is 6. The molecule has 1 aliphatic rings. The molecule has 1 saturated heterocycles. The summed E-state index contributed by atoms with van der Waals surface area (Å²) in [5.41, 5.74) is -0.236. The highest BCUT2D eigenvalue weighted by molar-refractivity contribution is 7.85. The van der Waals surface area contributed by atoms with Gasteiger partial charge in [-0.05, 0) is 35.9 Å². The number of hydrogen-bond donors (Lipinski definition) is 0. The first kappa shape index (κ1) is 25.7. The third kappa shape index (κ3) is 5.86. The number of urea groups is 1. The van der Waals surface area contributed by atoms with E-state index in [1.165, 1.54) is 46.2 Å². The molecule has 3 aromatic rings. The molecule has 0 bridgehead atoms. The number of hydrogen-bond acceptors (Lipinski definition) is 5. The summed E-state index contributed by atoms with van der Waals surface area (Å²) in [6, 6.07) is 9.57. The second-order valence-corrected chi connectivity index (χ2v) is 9.56. The Morgan fingerprint density at radius 2 is 1.64 bits per heavy atom. The lowest BCUT2D eigenvalue weighted by Gasteiger charge is -2.33. The maximum absolute atomic E-state index is 13.3. The Kier molecular flexibility index (Phi) is 7.07. The summed E-state index contributed by atoms with van der Waals surface area (Å²) in [7, 11) is -1.06. The van der Waals surface area contributed by atoms with Crippen LogP contribution in [0.15, 0.2) is 52.9 Å². The largest absolute Gasteiger partial charge is 0.470 e. The van der Waals surface area contributed by atoms with Crippen LogP contribution in [-0.4, -0.2) is 49.9 Å². The minimum atomic E-state index is -4.79. The lowest BCUT2D eigenvalue weighted by molar-refractivity contribution is -0.157. The van der Waals surface area contributed by atoms with Crippen molar-refractivity contribution in [2.75, 3.05) is 29.5 Å². The Hall–Kier alpha value is -3.42. The number of aromatic nitrogens is 2. The average Bonchev–Trinajstić information content (AvgIpc) is 3.34. The van der Waals surface area contributed by atoms with E-state index in [-0.39, 0.29) is 48.3 Å². The van der Waals surface area contributed by atoms with Gasteiger partial charge in [0, 0.05) is 46.6 Å². The zero-order chi connectivity index (χ0) is 26.1. The summed E-state index contributed by atoms with van der Waals surface area (Å²) < 4.78 is 94.4. The summed E-state index contributed by atoms with van der Waals surface area (Å²) in [5, 5.41) is 6.35. The molecule has 2 amide bonds. The number of amides is 2. The molecule has 0 atom stereocenters. The number of benzene rings is 2. The van der Waals surface area contributed by atoms with Gasteiger partial charge in [0.2, 0.25) is 5.89 Å². The molecular weight excluding hydrogens is 514 g/mol. The van der Waals surface area contributed by atoms with Crippen LogP contribution in [0.2, 0.25) is 0 Å². The molecule has 4 rings (SSSR count). The Morgan fingerprint density at radius 3 is 2.22 bits per heavy atom. The monoisotopic (exact) mass is 532 g/mol. The molecule has 2 aromatic carbocycles. The number of nitrogens with zero attached hydrogens (tertiary/aromatic N) is 4.